The molecule has 0 aliphatic carbocycles. The van der Waals surface area contributed by atoms with Crippen LogP contribution in [-0.2, 0) is 11.3 Å². The van der Waals surface area contributed by atoms with Gasteiger partial charge in [-0.15, -0.1) is 0 Å². The Morgan fingerprint density at radius 2 is 2.20 bits per heavy atom. The zero-order valence-corrected chi connectivity index (χ0v) is 11.4. The first-order valence-corrected chi connectivity index (χ1v) is 6.72. The van der Waals surface area contributed by atoms with Gasteiger partial charge >= 0.3 is 0 Å². The summed E-state index contributed by atoms with van der Waals surface area (Å²) in [5.74, 6) is 1.20. The largest absolute Gasteiger partial charge is 0.381 e. The lowest BCUT2D eigenvalue weighted by atomic mass is 10.1. The highest BCUT2D eigenvalue weighted by atomic mass is 16.5. The van der Waals surface area contributed by atoms with Crippen molar-refractivity contribution >= 4 is 5.82 Å². The van der Waals surface area contributed by atoms with Crippen LogP contribution in [0.2, 0.25) is 0 Å². The molecular weight excluding hydrogens is 254 g/mol. The van der Waals surface area contributed by atoms with Crippen molar-refractivity contribution in [2.45, 2.75) is 25.8 Å². The second kappa shape index (κ2) is 5.92. The number of aryl methyl sites for hydroxylation is 1. The van der Waals surface area contributed by atoms with Gasteiger partial charge in [-0.2, -0.15) is 0 Å². The highest BCUT2D eigenvalue weighted by Gasteiger charge is 2.19. The van der Waals surface area contributed by atoms with Gasteiger partial charge in [-0.1, -0.05) is 0 Å². The second-order valence-corrected chi connectivity index (χ2v) is 4.89. The van der Waals surface area contributed by atoms with Gasteiger partial charge in [0.25, 0.3) is 0 Å². The molecule has 3 heterocycles. The molecule has 1 fully saturated rings. The monoisotopic (exact) mass is 271 g/mol. The molecule has 1 aliphatic rings. The van der Waals surface area contributed by atoms with Crippen LogP contribution in [0.3, 0.4) is 0 Å². The summed E-state index contributed by atoms with van der Waals surface area (Å²) in [6, 6.07) is 1.99. The van der Waals surface area contributed by atoms with Crippen LogP contribution >= 0.6 is 0 Å². The van der Waals surface area contributed by atoms with E-state index in [1.165, 1.54) is 0 Å². The number of rotatable bonds is 4. The van der Waals surface area contributed by atoms with E-state index >= 15 is 0 Å². The fourth-order valence-electron chi connectivity index (χ4n) is 2.15. The smallest absolute Gasteiger partial charge is 0.129 e. The lowest BCUT2D eigenvalue weighted by molar-refractivity contribution is 0.193. The zero-order chi connectivity index (χ0) is 13.8. The molecule has 2 aromatic rings. The maximum absolute atomic E-state index is 5.39. The van der Waals surface area contributed by atoms with Crippen molar-refractivity contribution in [1.82, 2.24) is 19.9 Å². The Balaban J connectivity index is 1.65. The topological polar surface area (TPSA) is 72.8 Å². The summed E-state index contributed by atoms with van der Waals surface area (Å²) < 4.78 is 5.39. The Hall–Kier alpha value is -2.08. The number of aromatic nitrogens is 4. The van der Waals surface area contributed by atoms with Crippen molar-refractivity contribution < 1.29 is 4.74 Å². The second-order valence-electron chi connectivity index (χ2n) is 4.89. The van der Waals surface area contributed by atoms with Gasteiger partial charge in [0.15, 0.2) is 0 Å². The highest BCUT2D eigenvalue weighted by Crippen LogP contribution is 2.24. The maximum atomic E-state index is 5.39. The maximum Gasteiger partial charge on any atom is 0.129 e. The summed E-state index contributed by atoms with van der Waals surface area (Å²) in [4.78, 5) is 17.1. The molecule has 1 N–H and O–H groups in total. The van der Waals surface area contributed by atoms with Crippen LogP contribution in [0.5, 0.6) is 0 Å². The highest BCUT2D eigenvalue weighted by molar-refractivity contribution is 5.36. The molecular formula is C14H17N5O. The molecule has 0 spiro atoms. The molecule has 6 heteroatoms. The third-order valence-electron chi connectivity index (χ3n) is 3.32. The van der Waals surface area contributed by atoms with Crippen LogP contribution < -0.4 is 5.32 Å². The van der Waals surface area contributed by atoms with Crippen LogP contribution in [0.1, 0.15) is 29.4 Å². The Bertz CT molecular complexity index is 566. The number of anilines is 1. The minimum absolute atomic E-state index is 0.387. The quantitative estimate of drug-likeness (QED) is 0.912. The number of nitrogens with zero attached hydrogens (tertiary/aromatic N) is 4. The predicted molar refractivity (Wildman–Crippen MR) is 74.3 cm³/mol. The number of ether oxygens (including phenoxy) is 1. The van der Waals surface area contributed by atoms with E-state index in [1.807, 2.05) is 13.0 Å². The lowest BCUT2D eigenvalue weighted by Gasteiger charge is -2.09. The first-order valence-electron chi connectivity index (χ1n) is 6.72. The fraction of sp³-hybridized carbons (Fsp3) is 0.429. The number of hydrogen-bond donors (Lipinski definition) is 1. The van der Waals surface area contributed by atoms with Gasteiger partial charge in [0.1, 0.15) is 12.1 Å². The first kappa shape index (κ1) is 12.9. The Morgan fingerprint density at radius 1 is 1.25 bits per heavy atom. The third kappa shape index (κ3) is 3.08. The SMILES string of the molecule is Cc1cnc(CNc2cc([C@H]3CCOC3)ncn2)cn1. The zero-order valence-electron chi connectivity index (χ0n) is 11.4. The Morgan fingerprint density at radius 3 is 2.95 bits per heavy atom. The van der Waals surface area contributed by atoms with Gasteiger partial charge in [0.05, 0.1) is 36.4 Å². The van der Waals surface area contributed by atoms with E-state index in [1.54, 1.807) is 18.7 Å². The van der Waals surface area contributed by atoms with Crippen molar-refractivity contribution in [2.24, 2.45) is 0 Å². The van der Waals surface area contributed by atoms with Gasteiger partial charge < -0.3 is 10.1 Å². The minimum atomic E-state index is 0.387. The molecule has 1 atom stereocenters. The lowest BCUT2D eigenvalue weighted by Crippen LogP contribution is -2.07. The third-order valence-corrected chi connectivity index (χ3v) is 3.32. The van der Waals surface area contributed by atoms with Crippen molar-refractivity contribution in [2.75, 3.05) is 18.5 Å². The number of hydrogen-bond acceptors (Lipinski definition) is 6. The van der Waals surface area contributed by atoms with Gasteiger partial charge in [-0.3, -0.25) is 9.97 Å². The van der Waals surface area contributed by atoms with Crippen molar-refractivity contribution in [3.8, 4) is 0 Å². The average Bonchev–Trinajstić information content (AvgIpc) is 3.01. The summed E-state index contributed by atoms with van der Waals surface area (Å²) in [6.07, 6.45) is 6.16. The molecule has 20 heavy (non-hydrogen) atoms. The summed E-state index contributed by atoms with van der Waals surface area (Å²) >= 11 is 0. The molecule has 2 aromatic heterocycles. The normalized spacial score (nSPS) is 18.1. The average molecular weight is 271 g/mol. The molecule has 3 rings (SSSR count). The van der Waals surface area contributed by atoms with E-state index in [9.17, 15) is 0 Å². The van der Waals surface area contributed by atoms with Crippen LogP contribution in [0.25, 0.3) is 0 Å². The van der Waals surface area contributed by atoms with Crippen molar-refractivity contribution in [1.29, 1.82) is 0 Å². The van der Waals surface area contributed by atoms with E-state index in [4.69, 9.17) is 4.74 Å². The van der Waals surface area contributed by atoms with Crippen LogP contribution in [0, 0.1) is 6.92 Å². The van der Waals surface area contributed by atoms with Gasteiger partial charge in [-0.05, 0) is 13.3 Å². The van der Waals surface area contributed by atoms with E-state index < -0.39 is 0 Å². The molecule has 1 aliphatic heterocycles. The fourth-order valence-corrected chi connectivity index (χ4v) is 2.15. The Kier molecular flexibility index (Phi) is 3.83. The van der Waals surface area contributed by atoms with Gasteiger partial charge in [0, 0.05) is 24.8 Å². The van der Waals surface area contributed by atoms with Crippen LogP contribution in [0.4, 0.5) is 5.82 Å². The molecule has 0 saturated carbocycles. The Labute approximate surface area is 117 Å². The summed E-state index contributed by atoms with van der Waals surface area (Å²) in [6.45, 7) is 4.09. The summed E-state index contributed by atoms with van der Waals surface area (Å²) in [5.41, 5.74) is 2.84. The standard InChI is InChI=1S/C14H17N5O/c1-10-5-16-12(6-15-10)7-17-14-4-13(18-9-19-14)11-2-3-20-8-11/h4-6,9,11H,2-3,7-8H2,1H3,(H,17,18,19)/t11-/m0/s1. The van der Waals surface area contributed by atoms with Crippen molar-refractivity contribution in [3.63, 3.8) is 0 Å². The summed E-state index contributed by atoms with van der Waals surface area (Å²) in [7, 11) is 0. The van der Waals surface area contributed by atoms with Gasteiger partial charge in [-0.25, -0.2) is 9.97 Å². The van der Waals surface area contributed by atoms with Crippen LogP contribution in [0.15, 0.2) is 24.8 Å². The molecule has 0 radical (unpaired) electrons. The molecule has 1 saturated heterocycles. The van der Waals surface area contributed by atoms with E-state index in [0.717, 1.165) is 42.5 Å². The molecule has 0 unspecified atom stereocenters. The van der Waals surface area contributed by atoms with Crippen LogP contribution in [-0.4, -0.2) is 33.1 Å². The van der Waals surface area contributed by atoms with E-state index in [2.05, 4.69) is 25.3 Å². The van der Waals surface area contributed by atoms with Crippen molar-refractivity contribution in [3.05, 3.63) is 41.9 Å². The summed E-state index contributed by atoms with van der Waals surface area (Å²) in [5, 5.41) is 3.25. The molecule has 6 nitrogen and oxygen atoms in total. The number of nitrogens with one attached hydrogen (secondary N) is 1. The predicted octanol–water partition coefficient (Wildman–Crippen LogP) is 1.69. The first-order chi connectivity index (χ1) is 9.81. The minimum Gasteiger partial charge on any atom is -0.381 e. The molecule has 0 amide bonds. The molecule has 0 bridgehead atoms. The van der Waals surface area contributed by atoms with Gasteiger partial charge in [0.2, 0.25) is 0 Å². The molecule has 0 aromatic carbocycles. The molecule has 104 valence electrons. The van der Waals surface area contributed by atoms with E-state index in [-0.39, 0.29) is 0 Å². The van der Waals surface area contributed by atoms with E-state index in [0.29, 0.717) is 12.5 Å².